The van der Waals surface area contributed by atoms with E-state index in [1.807, 2.05) is 45.0 Å². The van der Waals surface area contributed by atoms with Crippen LogP contribution in [0.2, 0.25) is 0 Å². The lowest BCUT2D eigenvalue weighted by Crippen LogP contribution is -2.23. The second-order valence-corrected chi connectivity index (χ2v) is 6.41. The summed E-state index contributed by atoms with van der Waals surface area (Å²) in [6.07, 6.45) is 0.660. The number of rotatable bonds is 3. The summed E-state index contributed by atoms with van der Waals surface area (Å²) < 4.78 is 5.81. The molecule has 2 atom stereocenters. The zero-order valence-electron chi connectivity index (χ0n) is 14.0. The fraction of sp³-hybridized carbons (Fsp3) is 0.300. The Balaban J connectivity index is 2.10. The second kappa shape index (κ2) is 6.30. The zero-order chi connectivity index (χ0) is 17.4. The summed E-state index contributed by atoms with van der Waals surface area (Å²) in [5, 5.41) is 10.4. The molecule has 1 aliphatic heterocycles. The molecule has 0 fully saturated rings. The number of benzene rings is 2. The van der Waals surface area contributed by atoms with Gasteiger partial charge in [-0.1, -0.05) is 17.7 Å². The first-order valence-electron chi connectivity index (χ1n) is 7.93. The Kier molecular flexibility index (Phi) is 4.35. The smallest absolute Gasteiger partial charge is 0.182 e. The molecule has 0 aromatic heterocycles. The van der Waals surface area contributed by atoms with Crippen LogP contribution in [0.15, 0.2) is 24.3 Å². The highest BCUT2D eigenvalue weighted by Gasteiger charge is 2.30. The van der Waals surface area contributed by atoms with Gasteiger partial charge in [-0.15, -0.1) is 0 Å². The van der Waals surface area contributed by atoms with Gasteiger partial charge in [-0.25, -0.2) is 0 Å². The standard InChI is InChI=1S/C20H20O4/c1-11-4-14(9-21)13(3)16(6-11)19-8-17-15(10-22)5-12(2)7-18(17)20(23)24-19/h4-7,9-10,19-20,23H,8H2,1-3H3. The minimum atomic E-state index is -1.09. The normalized spacial score (nSPS) is 19.7. The van der Waals surface area contributed by atoms with E-state index in [0.29, 0.717) is 23.1 Å². The number of aliphatic hydroxyl groups excluding tert-OH is 1. The van der Waals surface area contributed by atoms with E-state index in [2.05, 4.69) is 0 Å². The predicted molar refractivity (Wildman–Crippen MR) is 90.4 cm³/mol. The molecule has 0 saturated heterocycles. The number of hydrogen-bond donors (Lipinski definition) is 1. The first-order valence-corrected chi connectivity index (χ1v) is 7.93. The third kappa shape index (κ3) is 2.79. The quantitative estimate of drug-likeness (QED) is 0.877. The molecule has 0 radical (unpaired) electrons. The number of ether oxygens (including phenoxy) is 1. The Hall–Kier alpha value is -2.30. The average Bonchev–Trinajstić information content (AvgIpc) is 2.56. The van der Waals surface area contributed by atoms with Crippen molar-refractivity contribution in [3.63, 3.8) is 0 Å². The van der Waals surface area contributed by atoms with Crippen LogP contribution in [-0.4, -0.2) is 17.7 Å². The molecule has 2 unspecified atom stereocenters. The number of carbonyl (C=O) groups excluding carboxylic acids is 2. The fourth-order valence-corrected chi connectivity index (χ4v) is 3.45. The van der Waals surface area contributed by atoms with Gasteiger partial charge < -0.3 is 9.84 Å². The Morgan fingerprint density at radius 1 is 0.958 bits per heavy atom. The number of fused-ring (bicyclic) bond motifs is 1. The minimum Gasteiger partial charge on any atom is -0.364 e. The van der Waals surface area contributed by atoms with Crippen LogP contribution in [0.4, 0.5) is 0 Å². The van der Waals surface area contributed by atoms with Gasteiger partial charge in [0, 0.05) is 23.1 Å². The van der Waals surface area contributed by atoms with Gasteiger partial charge >= 0.3 is 0 Å². The third-order valence-electron chi connectivity index (χ3n) is 4.65. The van der Waals surface area contributed by atoms with Gasteiger partial charge in [-0.05, 0) is 55.2 Å². The molecule has 4 nitrogen and oxygen atoms in total. The maximum atomic E-state index is 11.4. The Morgan fingerprint density at radius 3 is 2.17 bits per heavy atom. The number of aldehydes is 2. The molecule has 0 bridgehead atoms. The van der Waals surface area contributed by atoms with Crippen molar-refractivity contribution in [3.05, 3.63) is 68.8 Å². The summed E-state index contributed by atoms with van der Waals surface area (Å²) in [5.74, 6) is 0. The van der Waals surface area contributed by atoms with Crippen molar-refractivity contribution in [2.75, 3.05) is 0 Å². The Morgan fingerprint density at radius 2 is 1.54 bits per heavy atom. The molecular formula is C20H20O4. The van der Waals surface area contributed by atoms with Crippen molar-refractivity contribution in [1.82, 2.24) is 0 Å². The van der Waals surface area contributed by atoms with Crippen LogP contribution >= 0.6 is 0 Å². The number of aliphatic hydroxyl groups is 1. The first-order chi connectivity index (χ1) is 11.4. The Labute approximate surface area is 141 Å². The average molecular weight is 324 g/mol. The van der Waals surface area contributed by atoms with Crippen LogP contribution in [0, 0.1) is 20.8 Å². The van der Waals surface area contributed by atoms with Crippen LogP contribution in [0.3, 0.4) is 0 Å². The van der Waals surface area contributed by atoms with Gasteiger partial charge in [0.25, 0.3) is 0 Å². The van der Waals surface area contributed by atoms with E-state index in [9.17, 15) is 14.7 Å². The van der Waals surface area contributed by atoms with Crippen LogP contribution < -0.4 is 0 Å². The van der Waals surface area contributed by atoms with Crippen molar-refractivity contribution in [2.24, 2.45) is 0 Å². The molecule has 0 saturated carbocycles. The van der Waals surface area contributed by atoms with Gasteiger partial charge in [-0.3, -0.25) is 9.59 Å². The van der Waals surface area contributed by atoms with Crippen molar-refractivity contribution < 1.29 is 19.4 Å². The highest BCUT2D eigenvalue weighted by molar-refractivity contribution is 5.79. The molecule has 0 aliphatic carbocycles. The fourth-order valence-electron chi connectivity index (χ4n) is 3.45. The molecule has 1 N–H and O–H groups in total. The lowest BCUT2D eigenvalue weighted by molar-refractivity contribution is -0.151. The maximum absolute atomic E-state index is 11.4. The number of carbonyl (C=O) groups is 2. The number of aryl methyl sites for hydroxylation is 2. The lowest BCUT2D eigenvalue weighted by Gasteiger charge is -2.32. The molecular weight excluding hydrogens is 304 g/mol. The summed E-state index contributed by atoms with van der Waals surface area (Å²) in [6, 6.07) is 7.47. The van der Waals surface area contributed by atoms with Crippen LogP contribution in [0.1, 0.15) is 66.5 Å². The summed E-state index contributed by atoms with van der Waals surface area (Å²) in [4.78, 5) is 22.7. The van der Waals surface area contributed by atoms with E-state index < -0.39 is 12.4 Å². The molecule has 0 amide bonds. The molecule has 124 valence electrons. The summed E-state index contributed by atoms with van der Waals surface area (Å²) in [6.45, 7) is 5.68. The lowest BCUT2D eigenvalue weighted by atomic mass is 9.87. The SMILES string of the molecule is Cc1cc(C=O)c2c(c1)C(O)OC(c1cc(C)cc(C=O)c1C)C2. The van der Waals surface area contributed by atoms with E-state index in [4.69, 9.17) is 4.74 Å². The van der Waals surface area contributed by atoms with Crippen molar-refractivity contribution in [2.45, 2.75) is 39.6 Å². The summed E-state index contributed by atoms with van der Waals surface area (Å²) in [5.41, 5.74) is 6.25. The monoisotopic (exact) mass is 324 g/mol. The van der Waals surface area contributed by atoms with Crippen LogP contribution in [-0.2, 0) is 11.2 Å². The second-order valence-electron chi connectivity index (χ2n) is 6.41. The van der Waals surface area contributed by atoms with Gasteiger partial charge in [0.1, 0.15) is 12.6 Å². The van der Waals surface area contributed by atoms with E-state index in [0.717, 1.165) is 40.4 Å². The van der Waals surface area contributed by atoms with Crippen molar-refractivity contribution in [3.8, 4) is 0 Å². The van der Waals surface area contributed by atoms with Crippen molar-refractivity contribution >= 4 is 12.6 Å². The summed E-state index contributed by atoms with van der Waals surface area (Å²) >= 11 is 0. The molecule has 3 rings (SSSR count). The summed E-state index contributed by atoms with van der Waals surface area (Å²) in [7, 11) is 0. The van der Waals surface area contributed by atoms with Gasteiger partial charge in [-0.2, -0.15) is 0 Å². The van der Waals surface area contributed by atoms with E-state index in [1.165, 1.54) is 0 Å². The minimum absolute atomic E-state index is 0.396. The largest absolute Gasteiger partial charge is 0.364 e. The van der Waals surface area contributed by atoms with Gasteiger partial charge in [0.2, 0.25) is 0 Å². The molecule has 4 heteroatoms. The molecule has 2 aromatic rings. The third-order valence-corrected chi connectivity index (χ3v) is 4.65. The van der Waals surface area contributed by atoms with Gasteiger partial charge in [0.05, 0.1) is 6.10 Å². The predicted octanol–water partition coefficient (Wildman–Crippen LogP) is 3.54. The molecule has 1 aliphatic rings. The topological polar surface area (TPSA) is 63.6 Å². The van der Waals surface area contributed by atoms with Crippen LogP contribution in [0.25, 0.3) is 0 Å². The molecule has 1 heterocycles. The highest BCUT2D eigenvalue weighted by atomic mass is 16.6. The molecule has 2 aromatic carbocycles. The van der Waals surface area contributed by atoms with E-state index in [1.54, 1.807) is 0 Å². The van der Waals surface area contributed by atoms with Gasteiger partial charge in [0.15, 0.2) is 6.29 Å². The van der Waals surface area contributed by atoms with E-state index in [-0.39, 0.29) is 0 Å². The van der Waals surface area contributed by atoms with E-state index >= 15 is 0 Å². The maximum Gasteiger partial charge on any atom is 0.182 e. The zero-order valence-corrected chi connectivity index (χ0v) is 14.0. The first kappa shape index (κ1) is 16.6. The van der Waals surface area contributed by atoms with Crippen molar-refractivity contribution in [1.29, 1.82) is 0 Å². The Bertz CT molecular complexity index is 823. The van der Waals surface area contributed by atoms with Crippen LogP contribution in [0.5, 0.6) is 0 Å². The molecule has 0 spiro atoms. The molecule has 24 heavy (non-hydrogen) atoms. The highest BCUT2D eigenvalue weighted by Crippen LogP contribution is 2.39. The number of hydrogen-bond acceptors (Lipinski definition) is 4.